The summed E-state index contributed by atoms with van der Waals surface area (Å²) >= 11 is 0. The zero-order chi connectivity index (χ0) is 26.3. The van der Waals surface area contributed by atoms with E-state index in [9.17, 15) is 14.4 Å². The molecule has 33 heavy (non-hydrogen) atoms. The van der Waals surface area contributed by atoms with Gasteiger partial charge in [-0.1, -0.05) is 63.6 Å². The number of carboxylic acid groups (broad SMARTS) is 1. The second kappa shape index (κ2) is 33.7. The van der Waals surface area contributed by atoms with Crippen LogP contribution in [0.15, 0.2) is 35.3 Å². The molecule has 1 aromatic carbocycles. The number of aliphatic imine (C=N–C) groups is 1. The number of hydrogen-bond acceptors (Lipinski definition) is 5. The van der Waals surface area contributed by atoms with E-state index in [0.717, 1.165) is 19.1 Å². The van der Waals surface area contributed by atoms with E-state index in [2.05, 4.69) is 48.5 Å². The van der Waals surface area contributed by atoms with Gasteiger partial charge >= 0.3 is 5.97 Å². The lowest BCUT2D eigenvalue weighted by Gasteiger charge is -1.96. The first-order chi connectivity index (χ1) is 15.7. The SMILES string of the molecule is CC.CNC(C)C.Cc1ccccc1.NC(N)=NCCCCNC=O.O=CCCCC(=O)O. The van der Waals surface area contributed by atoms with Crippen molar-refractivity contribution in [2.45, 2.75) is 72.8 Å². The van der Waals surface area contributed by atoms with Crippen LogP contribution in [-0.2, 0) is 14.4 Å². The summed E-state index contributed by atoms with van der Waals surface area (Å²) in [6, 6.07) is 10.9. The fraction of sp³-hybridized carbons (Fsp3) is 0.583. The predicted molar refractivity (Wildman–Crippen MR) is 138 cm³/mol. The van der Waals surface area contributed by atoms with Crippen LogP contribution in [0.2, 0.25) is 0 Å². The van der Waals surface area contributed by atoms with Gasteiger partial charge in [0.05, 0.1) is 0 Å². The lowest BCUT2D eigenvalue weighted by Crippen LogP contribution is -2.23. The Labute approximate surface area is 200 Å². The van der Waals surface area contributed by atoms with Crippen molar-refractivity contribution in [1.82, 2.24) is 10.6 Å². The van der Waals surface area contributed by atoms with Crippen LogP contribution in [0.25, 0.3) is 0 Å². The van der Waals surface area contributed by atoms with E-state index < -0.39 is 5.97 Å². The molecule has 7 N–H and O–H groups in total. The minimum atomic E-state index is -0.841. The summed E-state index contributed by atoms with van der Waals surface area (Å²) in [5.41, 5.74) is 11.5. The van der Waals surface area contributed by atoms with Gasteiger partial charge in [0.2, 0.25) is 6.41 Å². The molecule has 9 heteroatoms. The van der Waals surface area contributed by atoms with Gasteiger partial charge in [0.25, 0.3) is 0 Å². The number of nitrogens with zero attached hydrogens (tertiary/aromatic N) is 1. The molecule has 9 nitrogen and oxygen atoms in total. The maximum Gasteiger partial charge on any atom is 0.303 e. The van der Waals surface area contributed by atoms with Crippen LogP contribution >= 0.6 is 0 Å². The quantitative estimate of drug-likeness (QED) is 0.144. The summed E-state index contributed by atoms with van der Waals surface area (Å²) in [6.45, 7) is 11.6. The number of carbonyl (C=O) groups is 3. The molecular formula is C24H47N5O4. The van der Waals surface area contributed by atoms with Crippen molar-refractivity contribution >= 4 is 24.6 Å². The van der Waals surface area contributed by atoms with E-state index in [-0.39, 0.29) is 12.4 Å². The highest BCUT2D eigenvalue weighted by molar-refractivity contribution is 5.75. The second-order valence-electron chi connectivity index (χ2n) is 6.64. The Morgan fingerprint density at radius 2 is 1.64 bits per heavy atom. The topological polar surface area (TPSA) is 160 Å². The molecule has 0 aromatic heterocycles. The average Bonchev–Trinajstić information content (AvgIpc) is 2.79. The van der Waals surface area contributed by atoms with Crippen molar-refractivity contribution in [2.75, 3.05) is 20.1 Å². The molecular weight excluding hydrogens is 422 g/mol. The van der Waals surface area contributed by atoms with E-state index in [0.29, 0.717) is 38.4 Å². The van der Waals surface area contributed by atoms with Crippen molar-refractivity contribution in [2.24, 2.45) is 16.5 Å². The van der Waals surface area contributed by atoms with Crippen molar-refractivity contribution in [3.05, 3.63) is 35.9 Å². The molecule has 0 heterocycles. The molecule has 0 aliphatic carbocycles. The Bertz CT molecular complexity index is 563. The predicted octanol–water partition coefficient (Wildman–Crippen LogP) is 2.86. The van der Waals surface area contributed by atoms with Gasteiger partial charge in [-0.2, -0.15) is 0 Å². The lowest BCUT2D eigenvalue weighted by molar-refractivity contribution is -0.137. The smallest absolute Gasteiger partial charge is 0.303 e. The van der Waals surface area contributed by atoms with Crippen molar-refractivity contribution in [3.63, 3.8) is 0 Å². The minimum absolute atomic E-state index is 0.0960. The zero-order valence-corrected chi connectivity index (χ0v) is 21.3. The lowest BCUT2D eigenvalue weighted by atomic mass is 10.2. The van der Waals surface area contributed by atoms with E-state index in [4.69, 9.17) is 16.6 Å². The molecule has 1 aromatic rings. The number of carboxylic acids is 1. The molecule has 1 amide bonds. The summed E-state index contributed by atoms with van der Waals surface area (Å²) in [7, 11) is 1.95. The third-order valence-electron chi connectivity index (χ3n) is 3.34. The number of guanidine groups is 1. The van der Waals surface area contributed by atoms with E-state index in [1.807, 2.05) is 39.1 Å². The van der Waals surface area contributed by atoms with Crippen LogP contribution in [0, 0.1) is 6.92 Å². The molecule has 0 radical (unpaired) electrons. The molecule has 192 valence electrons. The monoisotopic (exact) mass is 469 g/mol. The number of unbranched alkanes of at least 4 members (excludes halogenated alkanes) is 2. The molecule has 0 saturated heterocycles. The van der Waals surface area contributed by atoms with Gasteiger partial charge < -0.3 is 32.0 Å². The van der Waals surface area contributed by atoms with Crippen LogP contribution < -0.4 is 22.1 Å². The molecule has 0 fully saturated rings. The van der Waals surface area contributed by atoms with E-state index in [1.54, 1.807) is 0 Å². The molecule has 0 atom stereocenters. The van der Waals surface area contributed by atoms with Gasteiger partial charge in [0.1, 0.15) is 6.29 Å². The highest BCUT2D eigenvalue weighted by Gasteiger charge is 1.93. The number of aryl methyl sites for hydroxylation is 1. The van der Waals surface area contributed by atoms with Crippen LogP contribution in [0.5, 0.6) is 0 Å². The van der Waals surface area contributed by atoms with Crippen molar-refractivity contribution < 1.29 is 19.5 Å². The van der Waals surface area contributed by atoms with E-state index >= 15 is 0 Å². The third kappa shape index (κ3) is 52.9. The Hall–Kier alpha value is -2.94. The largest absolute Gasteiger partial charge is 0.481 e. The second-order valence-corrected chi connectivity index (χ2v) is 6.64. The third-order valence-corrected chi connectivity index (χ3v) is 3.34. The molecule has 0 spiro atoms. The molecule has 0 unspecified atom stereocenters. The number of nitrogens with two attached hydrogens (primary N) is 2. The maximum atomic E-state index is 9.77. The Balaban J connectivity index is -0.000000171. The zero-order valence-electron chi connectivity index (χ0n) is 21.3. The van der Waals surface area contributed by atoms with Crippen molar-refractivity contribution in [3.8, 4) is 0 Å². The van der Waals surface area contributed by atoms with Crippen LogP contribution in [-0.4, -0.2) is 55.9 Å². The van der Waals surface area contributed by atoms with Gasteiger partial charge in [-0.25, -0.2) is 0 Å². The first kappa shape index (κ1) is 37.4. The summed E-state index contributed by atoms with van der Waals surface area (Å²) in [5, 5.41) is 13.6. The van der Waals surface area contributed by atoms with Gasteiger partial charge in [-0.15, -0.1) is 0 Å². The first-order valence-electron chi connectivity index (χ1n) is 11.3. The Kier molecular flexibility index (Phi) is 38.2. The summed E-state index contributed by atoms with van der Waals surface area (Å²) < 4.78 is 0. The number of aliphatic carboxylic acids is 1. The number of aldehydes is 1. The first-order valence-corrected chi connectivity index (χ1v) is 11.3. The number of rotatable bonds is 11. The van der Waals surface area contributed by atoms with Crippen LogP contribution in [0.4, 0.5) is 0 Å². The van der Waals surface area contributed by atoms with E-state index in [1.165, 1.54) is 5.56 Å². The Morgan fingerprint density at radius 3 is 1.97 bits per heavy atom. The summed E-state index contributed by atoms with van der Waals surface area (Å²) in [4.78, 5) is 32.9. The molecule has 0 bridgehead atoms. The number of nitrogens with one attached hydrogen (secondary N) is 2. The number of amides is 1. The van der Waals surface area contributed by atoms with Gasteiger partial charge in [-0.05, 0) is 33.2 Å². The number of benzene rings is 1. The Morgan fingerprint density at radius 1 is 1.09 bits per heavy atom. The minimum Gasteiger partial charge on any atom is -0.481 e. The van der Waals surface area contributed by atoms with Crippen LogP contribution in [0.1, 0.15) is 65.4 Å². The van der Waals surface area contributed by atoms with Crippen LogP contribution in [0.3, 0.4) is 0 Å². The van der Waals surface area contributed by atoms with Crippen molar-refractivity contribution in [1.29, 1.82) is 0 Å². The fourth-order valence-electron chi connectivity index (χ4n) is 1.48. The maximum absolute atomic E-state index is 9.77. The average molecular weight is 470 g/mol. The standard InChI is InChI=1S/C7H8.C6H14N4O.C5H8O3.C4H11N.C2H6/c1-7-5-3-2-4-6-7;7-6(8)10-4-2-1-3-9-5-11;6-4-2-1-3-5(7)8;1-4(2)5-3;1-2/h2-6H,1H3;5H,1-4H2,(H,9,11)(H4,7,8,10);4H,1-3H2,(H,7,8);4-5H,1-3H3;1-2H3. The number of carbonyl (C=O) groups excluding carboxylic acids is 2. The molecule has 0 saturated carbocycles. The van der Waals surface area contributed by atoms with Gasteiger partial charge in [0, 0.05) is 32.0 Å². The summed E-state index contributed by atoms with van der Waals surface area (Å²) in [5.74, 6) is -0.722. The normalized spacial score (nSPS) is 8.45. The van der Waals surface area contributed by atoms with Gasteiger partial charge in [0.15, 0.2) is 5.96 Å². The molecule has 1 rings (SSSR count). The fourth-order valence-corrected chi connectivity index (χ4v) is 1.48. The molecule has 0 aliphatic rings. The van der Waals surface area contributed by atoms with Gasteiger partial charge in [-0.3, -0.25) is 14.6 Å². The highest BCUT2D eigenvalue weighted by Crippen LogP contribution is 1.92. The molecule has 0 aliphatic heterocycles. The highest BCUT2D eigenvalue weighted by atomic mass is 16.4. The number of hydrogen-bond donors (Lipinski definition) is 5. The summed E-state index contributed by atoms with van der Waals surface area (Å²) in [6.07, 6.45) is 4.10.